The second-order valence-corrected chi connectivity index (χ2v) is 5.90. The molecule has 1 N–H and O–H groups in total. The van der Waals surface area contributed by atoms with Gasteiger partial charge < -0.3 is 10.2 Å². The summed E-state index contributed by atoms with van der Waals surface area (Å²) >= 11 is 0. The van der Waals surface area contributed by atoms with Crippen LogP contribution in [0.4, 0.5) is 11.4 Å². The molecule has 1 aliphatic rings. The van der Waals surface area contributed by atoms with E-state index < -0.39 is 10.8 Å². The Morgan fingerprint density at radius 1 is 1.19 bits per heavy atom. The fourth-order valence-electron chi connectivity index (χ4n) is 2.81. The van der Waals surface area contributed by atoms with Crippen molar-refractivity contribution in [1.82, 2.24) is 4.90 Å². The molecule has 0 fully saturated rings. The SMILES string of the molecule is N#C/C(=C/N1CCc2ccccc2C1)C(=O)Nc1ccc([N+](=O)[O-])cc1. The Morgan fingerprint density at radius 2 is 1.88 bits per heavy atom. The zero-order chi connectivity index (χ0) is 18.5. The summed E-state index contributed by atoms with van der Waals surface area (Å²) in [5.41, 5.74) is 2.79. The van der Waals surface area contributed by atoms with Gasteiger partial charge in [-0.25, -0.2) is 0 Å². The number of hydrogen-bond acceptors (Lipinski definition) is 5. The Kier molecular flexibility index (Phi) is 4.94. The van der Waals surface area contributed by atoms with E-state index in [1.54, 1.807) is 6.20 Å². The Hall–Kier alpha value is -3.66. The van der Waals surface area contributed by atoms with Crippen molar-refractivity contribution in [3.63, 3.8) is 0 Å². The number of carbonyl (C=O) groups is 1. The largest absolute Gasteiger partial charge is 0.371 e. The average Bonchev–Trinajstić information content (AvgIpc) is 2.66. The summed E-state index contributed by atoms with van der Waals surface area (Å²) in [5.74, 6) is -0.541. The van der Waals surface area contributed by atoms with E-state index in [0.717, 1.165) is 13.0 Å². The van der Waals surface area contributed by atoms with Gasteiger partial charge in [-0.15, -0.1) is 0 Å². The summed E-state index contributed by atoms with van der Waals surface area (Å²) < 4.78 is 0. The van der Waals surface area contributed by atoms with Crippen LogP contribution in [0.5, 0.6) is 0 Å². The van der Waals surface area contributed by atoms with Crippen LogP contribution >= 0.6 is 0 Å². The van der Waals surface area contributed by atoms with Crippen LogP contribution in [0, 0.1) is 21.4 Å². The van der Waals surface area contributed by atoms with Gasteiger partial charge in [0.05, 0.1) is 4.92 Å². The molecule has 130 valence electrons. The number of nitrogens with one attached hydrogen (secondary N) is 1. The topological polar surface area (TPSA) is 99.3 Å². The lowest BCUT2D eigenvalue weighted by Gasteiger charge is -2.27. The van der Waals surface area contributed by atoms with Crippen molar-refractivity contribution in [2.24, 2.45) is 0 Å². The number of nitriles is 1. The van der Waals surface area contributed by atoms with Crippen LogP contribution in [0.3, 0.4) is 0 Å². The molecule has 0 atom stereocenters. The summed E-state index contributed by atoms with van der Waals surface area (Å²) in [6, 6.07) is 15.5. The molecular formula is C19H16N4O3. The number of non-ortho nitro benzene ring substituents is 1. The van der Waals surface area contributed by atoms with Gasteiger partial charge in [0.1, 0.15) is 11.6 Å². The molecule has 7 heteroatoms. The quantitative estimate of drug-likeness (QED) is 0.396. The van der Waals surface area contributed by atoms with Crippen molar-refractivity contribution in [2.45, 2.75) is 13.0 Å². The van der Waals surface area contributed by atoms with Gasteiger partial charge in [-0.1, -0.05) is 24.3 Å². The molecular weight excluding hydrogens is 332 g/mol. The number of nitrogens with zero attached hydrogens (tertiary/aromatic N) is 3. The van der Waals surface area contributed by atoms with Gasteiger partial charge in [0, 0.05) is 37.1 Å². The van der Waals surface area contributed by atoms with E-state index in [0.29, 0.717) is 12.2 Å². The summed E-state index contributed by atoms with van der Waals surface area (Å²) in [5, 5.41) is 22.6. The van der Waals surface area contributed by atoms with Crippen LogP contribution in [0.25, 0.3) is 0 Å². The van der Waals surface area contributed by atoms with E-state index in [4.69, 9.17) is 0 Å². The first-order chi connectivity index (χ1) is 12.6. The number of nitro benzene ring substituents is 1. The third-order valence-corrected chi connectivity index (χ3v) is 4.17. The Bertz CT molecular complexity index is 913. The number of carbonyl (C=O) groups excluding carboxylic acids is 1. The fraction of sp³-hybridized carbons (Fsp3) is 0.158. The predicted molar refractivity (Wildman–Crippen MR) is 96.0 cm³/mol. The van der Waals surface area contributed by atoms with Crippen LogP contribution < -0.4 is 5.32 Å². The molecule has 0 saturated heterocycles. The van der Waals surface area contributed by atoms with E-state index in [2.05, 4.69) is 11.4 Å². The van der Waals surface area contributed by atoms with Gasteiger partial charge >= 0.3 is 0 Å². The first-order valence-corrected chi connectivity index (χ1v) is 8.05. The number of nitro groups is 1. The number of amides is 1. The lowest BCUT2D eigenvalue weighted by Crippen LogP contribution is -2.27. The molecule has 2 aromatic rings. The molecule has 3 rings (SSSR count). The summed E-state index contributed by atoms with van der Waals surface area (Å²) in [7, 11) is 0. The van der Waals surface area contributed by atoms with Crippen molar-refractivity contribution < 1.29 is 9.72 Å². The molecule has 0 unspecified atom stereocenters. The van der Waals surface area contributed by atoms with Crippen molar-refractivity contribution in [1.29, 1.82) is 5.26 Å². The highest BCUT2D eigenvalue weighted by atomic mass is 16.6. The van der Waals surface area contributed by atoms with E-state index in [9.17, 15) is 20.2 Å². The molecule has 1 aliphatic heterocycles. The minimum atomic E-state index is -0.541. The van der Waals surface area contributed by atoms with Crippen LogP contribution in [0.15, 0.2) is 60.3 Å². The molecule has 0 spiro atoms. The Balaban J connectivity index is 1.70. The van der Waals surface area contributed by atoms with Crippen LogP contribution in [0.1, 0.15) is 11.1 Å². The van der Waals surface area contributed by atoms with Crippen molar-refractivity contribution >= 4 is 17.3 Å². The molecule has 0 radical (unpaired) electrons. The highest BCUT2D eigenvalue weighted by molar-refractivity contribution is 6.06. The number of fused-ring (bicyclic) bond motifs is 1. The smallest absolute Gasteiger partial charge is 0.269 e. The average molecular weight is 348 g/mol. The summed E-state index contributed by atoms with van der Waals surface area (Å²) in [6.45, 7) is 1.37. The maximum Gasteiger partial charge on any atom is 0.269 e. The lowest BCUT2D eigenvalue weighted by atomic mass is 10.0. The van der Waals surface area contributed by atoms with Gasteiger partial charge in [0.25, 0.3) is 11.6 Å². The molecule has 0 bridgehead atoms. The highest BCUT2D eigenvalue weighted by Gasteiger charge is 2.17. The summed E-state index contributed by atoms with van der Waals surface area (Å²) in [4.78, 5) is 24.4. The third-order valence-electron chi connectivity index (χ3n) is 4.17. The van der Waals surface area contributed by atoms with E-state index >= 15 is 0 Å². The molecule has 0 aliphatic carbocycles. The minimum Gasteiger partial charge on any atom is -0.371 e. The maximum absolute atomic E-state index is 12.3. The second kappa shape index (κ2) is 7.49. The first-order valence-electron chi connectivity index (χ1n) is 8.05. The van der Waals surface area contributed by atoms with Gasteiger partial charge in [0.15, 0.2) is 0 Å². The zero-order valence-corrected chi connectivity index (χ0v) is 13.9. The number of hydrogen-bond donors (Lipinski definition) is 1. The Morgan fingerprint density at radius 3 is 2.54 bits per heavy atom. The first kappa shape index (κ1) is 17.2. The number of benzene rings is 2. The molecule has 7 nitrogen and oxygen atoms in total. The number of anilines is 1. The molecule has 1 heterocycles. The molecule has 0 saturated carbocycles. The van der Waals surface area contributed by atoms with Crippen molar-refractivity contribution in [3.8, 4) is 6.07 Å². The van der Waals surface area contributed by atoms with Gasteiger partial charge in [0.2, 0.25) is 0 Å². The van der Waals surface area contributed by atoms with Gasteiger partial charge in [-0.2, -0.15) is 5.26 Å². The van der Waals surface area contributed by atoms with Crippen molar-refractivity contribution in [2.75, 3.05) is 11.9 Å². The normalized spacial score (nSPS) is 13.5. The molecule has 2 aromatic carbocycles. The maximum atomic E-state index is 12.3. The third kappa shape index (κ3) is 3.87. The second-order valence-electron chi connectivity index (χ2n) is 5.90. The number of rotatable bonds is 4. The van der Waals surface area contributed by atoms with E-state index in [1.807, 2.05) is 29.2 Å². The van der Waals surface area contributed by atoms with Crippen LogP contribution in [-0.4, -0.2) is 22.3 Å². The highest BCUT2D eigenvalue weighted by Crippen LogP contribution is 2.20. The summed E-state index contributed by atoms with van der Waals surface area (Å²) in [6.07, 6.45) is 2.42. The van der Waals surface area contributed by atoms with Gasteiger partial charge in [-0.05, 0) is 29.7 Å². The monoisotopic (exact) mass is 348 g/mol. The zero-order valence-electron chi connectivity index (χ0n) is 13.9. The van der Waals surface area contributed by atoms with Gasteiger partial charge in [-0.3, -0.25) is 14.9 Å². The van der Waals surface area contributed by atoms with E-state index in [1.165, 1.54) is 35.4 Å². The lowest BCUT2D eigenvalue weighted by molar-refractivity contribution is -0.384. The molecule has 1 amide bonds. The Labute approximate surface area is 150 Å². The molecule has 0 aromatic heterocycles. The van der Waals surface area contributed by atoms with E-state index in [-0.39, 0.29) is 11.3 Å². The van der Waals surface area contributed by atoms with Crippen LogP contribution in [-0.2, 0) is 17.8 Å². The fourth-order valence-corrected chi connectivity index (χ4v) is 2.81. The van der Waals surface area contributed by atoms with Crippen LogP contribution in [0.2, 0.25) is 0 Å². The standard InChI is InChI=1S/C19H16N4O3/c20-11-16(13-22-10-9-14-3-1-2-4-15(14)12-22)19(24)21-17-5-7-18(8-6-17)23(25)26/h1-8,13H,9-10,12H2,(H,21,24)/b16-13-. The molecule has 26 heavy (non-hydrogen) atoms. The minimum absolute atomic E-state index is 0.0114. The predicted octanol–water partition coefficient (Wildman–Crippen LogP) is 3.00. The van der Waals surface area contributed by atoms with Crippen molar-refractivity contribution in [3.05, 3.63) is 81.5 Å².